The Hall–Kier alpha value is -5.26. The normalized spacial score (nSPS) is 12.7. The molecule has 0 aliphatic carbocycles. The molecule has 0 spiro atoms. The van der Waals surface area contributed by atoms with E-state index in [1.807, 2.05) is 13.8 Å². The number of allylic oxidation sites excluding steroid dienone is 4. The Bertz CT molecular complexity index is 2130. The molecule has 8 nitrogen and oxygen atoms in total. The standard InChI is InChI=1S/C36H34F4N4O4/c1-17-21(7-9-35(45)47-5)29-16-30-22(8-10-36(46)48-6)18(2)27(42-30)14-31-24(12-34(39)40)20(4)28(44-31)15-32-23(11-33(37)38)19(3)26(43-32)13-25(17)41-29/h11-16,43-44H,7-10H2,1-6H3. The number of carbonyl (C=O) groups is 2. The maximum atomic E-state index is 13.7. The second kappa shape index (κ2) is 13.8. The minimum Gasteiger partial charge on any atom is -0.469 e. The van der Waals surface area contributed by atoms with Crippen LogP contribution in [0.15, 0.2) is 36.4 Å². The van der Waals surface area contributed by atoms with Gasteiger partial charge in [-0.15, -0.1) is 0 Å². The second-order valence-corrected chi connectivity index (χ2v) is 11.6. The van der Waals surface area contributed by atoms with E-state index in [1.165, 1.54) is 14.2 Å². The zero-order valence-corrected chi connectivity index (χ0v) is 27.3. The van der Waals surface area contributed by atoms with Crippen LogP contribution < -0.4 is 0 Å². The van der Waals surface area contributed by atoms with Crippen LogP contribution in [0.5, 0.6) is 0 Å². The zero-order chi connectivity index (χ0) is 34.9. The summed E-state index contributed by atoms with van der Waals surface area (Å²) in [6, 6.07) is 6.78. The number of ether oxygens (including phenoxy) is 2. The summed E-state index contributed by atoms with van der Waals surface area (Å²) in [6.45, 7) is 7.06. The first-order valence-corrected chi connectivity index (χ1v) is 15.2. The molecule has 8 bridgehead atoms. The number of carbonyl (C=O) groups excluding carboxylic acids is 2. The highest BCUT2D eigenvalue weighted by Crippen LogP contribution is 2.38. The number of aryl methyl sites for hydroxylation is 2. The van der Waals surface area contributed by atoms with E-state index in [4.69, 9.17) is 19.4 Å². The van der Waals surface area contributed by atoms with E-state index in [9.17, 15) is 27.2 Å². The number of rotatable bonds is 8. The van der Waals surface area contributed by atoms with Crippen molar-refractivity contribution in [2.24, 2.45) is 0 Å². The molecule has 0 saturated heterocycles. The van der Waals surface area contributed by atoms with Crippen LogP contribution in [0.2, 0.25) is 0 Å². The van der Waals surface area contributed by atoms with E-state index in [1.54, 1.807) is 38.1 Å². The fourth-order valence-electron chi connectivity index (χ4n) is 6.03. The molecular weight excluding hydrogens is 628 g/mol. The first kappa shape index (κ1) is 34.1. The highest BCUT2D eigenvalue weighted by molar-refractivity contribution is 5.97. The summed E-state index contributed by atoms with van der Waals surface area (Å²) in [5.74, 6) is -0.805. The fraction of sp³-hybridized carbons (Fsp3) is 0.278. The molecule has 3 aromatic heterocycles. The maximum Gasteiger partial charge on any atom is 0.305 e. The molecule has 0 atom stereocenters. The van der Waals surface area contributed by atoms with Gasteiger partial charge in [-0.05, 0) is 98.2 Å². The SMILES string of the molecule is COC(=O)CCC1=C(C)c2cc3[nH]c(cc4[nH]c(cc5nc(cc1n2)C(CCC(=O)OC)=C5C)c(C=C(F)F)c4C)c(C=C(F)F)c3C. The number of aromatic nitrogens is 4. The summed E-state index contributed by atoms with van der Waals surface area (Å²) in [7, 11) is 2.62. The van der Waals surface area contributed by atoms with Crippen molar-refractivity contribution in [3.8, 4) is 0 Å². The van der Waals surface area contributed by atoms with Gasteiger partial charge in [0.1, 0.15) is 0 Å². The molecule has 5 rings (SSSR count). The minimum absolute atomic E-state index is 0.0806. The van der Waals surface area contributed by atoms with Crippen molar-refractivity contribution in [1.29, 1.82) is 0 Å². The van der Waals surface area contributed by atoms with Crippen LogP contribution in [0.1, 0.15) is 84.6 Å². The molecule has 0 unspecified atom stereocenters. The van der Waals surface area contributed by atoms with Crippen molar-refractivity contribution in [1.82, 2.24) is 19.9 Å². The summed E-state index contributed by atoms with van der Waals surface area (Å²) >= 11 is 0. The van der Waals surface area contributed by atoms with Gasteiger partial charge < -0.3 is 19.4 Å². The Kier molecular flexibility index (Phi) is 9.83. The first-order chi connectivity index (χ1) is 22.8. The second-order valence-electron chi connectivity index (χ2n) is 11.6. The molecule has 2 aliphatic rings. The number of hydrogen-bond acceptors (Lipinski definition) is 6. The number of fused-ring (bicyclic) bond motifs is 8. The van der Waals surface area contributed by atoms with Gasteiger partial charge in [-0.2, -0.15) is 17.6 Å². The quantitative estimate of drug-likeness (QED) is 0.184. The van der Waals surface area contributed by atoms with E-state index in [2.05, 4.69) is 9.97 Å². The zero-order valence-electron chi connectivity index (χ0n) is 27.3. The van der Waals surface area contributed by atoms with E-state index in [0.717, 1.165) is 34.4 Å². The number of nitrogens with zero attached hydrogens (tertiary/aromatic N) is 2. The van der Waals surface area contributed by atoms with E-state index < -0.39 is 24.1 Å². The lowest BCUT2D eigenvalue weighted by molar-refractivity contribution is -0.141. The van der Waals surface area contributed by atoms with Crippen LogP contribution in [-0.4, -0.2) is 46.1 Å². The Labute approximate surface area is 273 Å². The number of nitrogens with one attached hydrogen (secondary N) is 2. The minimum atomic E-state index is -1.91. The monoisotopic (exact) mass is 662 g/mol. The lowest BCUT2D eigenvalue weighted by Gasteiger charge is -2.06. The number of halogens is 4. The van der Waals surface area contributed by atoms with Crippen LogP contribution in [0.4, 0.5) is 17.6 Å². The van der Waals surface area contributed by atoms with Gasteiger partial charge in [0, 0.05) is 58.2 Å². The Balaban J connectivity index is 1.94. The van der Waals surface area contributed by atoms with Gasteiger partial charge in [-0.25, -0.2) is 9.97 Å². The fourth-order valence-corrected chi connectivity index (χ4v) is 6.03. The predicted molar refractivity (Wildman–Crippen MR) is 178 cm³/mol. The third-order valence-electron chi connectivity index (χ3n) is 8.75. The van der Waals surface area contributed by atoms with Crippen LogP contribution in [-0.2, 0) is 19.1 Å². The number of methoxy groups -OCH3 is 2. The molecule has 12 heteroatoms. The summed E-state index contributed by atoms with van der Waals surface area (Å²) < 4.78 is 64.6. The molecule has 48 heavy (non-hydrogen) atoms. The van der Waals surface area contributed by atoms with Gasteiger partial charge in [0.05, 0.1) is 37.0 Å². The number of H-pyrrole nitrogens is 2. The number of hydrogen-bond donors (Lipinski definition) is 2. The van der Waals surface area contributed by atoms with Gasteiger partial charge in [0.15, 0.2) is 0 Å². The third-order valence-corrected chi connectivity index (χ3v) is 8.75. The molecule has 0 fully saturated rings. The van der Waals surface area contributed by atoms with Crippen molar-refractivity contribution >= 4 is 68.4 Å². The average molecular weight is 663 g/mol. The van der Waals surface area contributed by atoms with Crippen molar-refractivity contribution in [2.45, 2.75) is 53.4 Å². The average Bonchev–Trinajstić information content (AvgIpc) is 3.69. The topological polar surface area (TPSA) is 110 Å². The summed E-state index contributed by atoms with van der Waals surface area (Å²) in [5, 5.41) is 0. The van der Waals surface area contributed by atoms with Gasteiger partial charge in [0.25, 0.3) is 12.2 Å². The van der Waals surface area contributed by atoms with Crippen LogP contribution in [0, 0.1) is 13.8 Å². The molecule has 0 radical (unpaired) electrons. The van der Waals surface area contributed by atoms with E-state index in [0.29, 0.717) is 68.8 Å². The van der Waals surface area contributed by atoms with Crippen LogP contribution in [0.25, 0.3) is 56.5 Å². The lowest BCUT2D eigenvalue weighted by atomic mass is 9.98. The third kappa shape index (κ3) is 6.87. The summed E-state index contributed by atoms with van der Waals surface area (Å²) in [6.07, 6.45) is -1.53. The smallest absolute Gasteiger partial charge is 0.305 e. The Morgan fingerprint density at radius 2 is 1.02 bits per heavy atom. The number of esters is 2. The largest absolute Gasteiger partial charge is 0.469 e. The highest BCUT2D eigenvalue weighted by Gasteiger charge is 2.23. The molecule has 5 heterocycles. The van der Waals surface area contributed by atoms with Gasteiger partial charge in [0.2, 0.25) is 0 Å². The van der Waals surface area contributed by atoms with E-state index in [-0.39, 0.29) is 24.0 Å². The first-order valence-electron chi connectivity index (χ1n) is 15.2. The molecule has 2 aliphatic heterocycles. The van der Waals surface area contributed by atoms with Gasteiger partial charge in [-0.3, -0.25) is 9.59 Å². The van der Waals surface area contributed by atoms with Crippen molar-refractivity contribution in [3.63, 3.8) is 0 Å². The maximum absolute atomic E-state index is 13.7. The van der Waals surface area contributed by atoms with Gasteiger partial charge in [-0.1, -0.05) is 0 Å². The highest BCUT2D eigenvalue weighted by atomic mass is 19.3. The van der Waals surface area contributed by atoms with Crippen molar-refractivity contribution < 1.29 is 36.6 Å². The Morgan fingerprint density at radius 1 is 0.625 bits per heavy atom. The van der Waals surface area contributed by atoms with Crippen LogP contribution >= 0.6 is 0 Å². The molecule has 0 amide bonds. The lowest BCUT2D eigenvalue weighted by Crippen LogP contribution is -2.01. The van der Waals surface area contributed by atoms with Gasteiger partial charge >= 0.3 is 11.9 Å². The predicted octanol–water partition coefficient (Wildman–Crippen LogP) is 9.17. The van der Waals surface area contributed by atoms with Crippen molar-refractivity contribution in [2.75, 3.05) is 14.2 Å². The summed E-state index contributed by atoms with van der Waals surface area (Å²) in [4.78, 5) is 40.5. The molecule has 0 aromatic carbocycles. The molecule has 2 N–H and O–H groups in total. The Morgan fingerprint density at radius 3 is 1.44 bits per heavy atom. The van der Waals surface area contributed by atoms with E-state index >= 15 is 0 Å². The number of aromatic amines is 2. The molecule has 0 saturated carbocycles. The van der Waals surface area contributed by atoms with Crippen LogP contribution in [0.3, 0.4) is 0 Å². The molecule has 3 aromatic rings. The summed E-state index contributed by atoms with van der Waals surface area (Å²) in [5.41, 5.74) is 8.15. The molecule has 250 valence electrons. The van der Waals surface area contributed by atoms with Crippen molar-refractivity contribution in [3.05, 3.63) is 81.5 Å². The molecular formula is C36H34F4N4O4.